The first-order valence-corrected chi connectivity index (χ1v) is 8.73. The van der Waals surface area contributed by atoms with Crippen molar-refractivity contribution in [2.45, 2.75) is 13.0 Å². The van der Waals surface area contributed by atoms with Gasteiger partial charge < -0.3 is 10.1 Å². The highest BCUT2D eigenvalue weighted by atomic mass is 79.9. The number of hydrogen-bond donors (Lipinski definition) is 1. The lowest BCUT2D eigenvalue weighted by Crippen LogP contribution is -2.24. The Morgan fingerprint density at radius 1 is 1.21 bits per heavy atom. The van der Waals surface area contributed by atoms with E-state index in [2.05, 4.69) is 49.0 Å². The van der Waals surface area contributed by atoms with Gasteiger partial charge in [0.1, 0.15) is 12.4 Å². The SMILES string of the molecule is O=C(NCCC#Cc1c(F)cc(Br)cc1Br)OCc1ccccc1. The summed E-state index contributed by atoms with van der Waals surface area (Å²) < 4.78 is 20.1. The molecule has 0 unspecified atom stereocenters. The van der Waals surface area contributed by atoms with Gasteiger partial charge in [-0.1, -0.05) is 58.1 Å². The number of hydrogen-bond acceptors (Lipinski definition) is 2. The molecule has 1 amide bonds. The van der Waals surface area contributed by atoms with Crippen LogP contribution < -0.4 is 5.32 Å². The number of amides is 1. The minimum atomic E-state index is -0.503. The van der Waals surface area contributed by atoms with Crippen LogP contribution in [0.5, 0.6) is 0 Å². The number of carbonyl (C=O) groups is 1. The van der Waals surface area contributed by atoms with Crippen LogP contribution >= 0.6 is 31.9 Å². The number of nitrogens with one attached hydrogen (secondary N) is 1. The fourth-order valence-corrected chi connectivity index (χ4v) is 3.09. The third kappa shape index (κ3) is 5.99. The first kappa shape index (κ1) is 18.5. The Labute approximate surface area is 156 Å². The van der Waals surface area contributed by atoms with Crippen molar-refractivity contribution in [2.75, 3.05) is 6.54 Å². The molecule has 0 aliphatic carbocycles. The van der Waals surface area contributed by atoms with E-state index < -0.39 is 11.9 Å². The molecule has 0 aromatic heterocycles. The molecule has 0 saturated heterocycles. The normalized spacial score (nSPS) is 9.79. The van der Waals surface area contributed by atoms with Crippen LogP contribution in [0.3, 0.4) is 0 Å². The topological polar surface area (TPSA) is 38.3 Å². The Morgan fingerprint density at radius 2 is 1.96 bits per heavy atom. The van der Waals surface area contributed by atoms with Gasteiger partial charge in [-0.2, -0.15) is 0 Å². The van der Waals surface area contributed by atoms with Crippen LogP contribution in [0, 0.1) is 17.7 Å². The highest BCUT2D eigenvalue weighted by Gasteiger charge is 2.05. The first-order chi connectivity index (χ1) is 11.6. The molecule has 0 fully saturated rings. The van der Waals surface area contributed by atoms with E-state index >= 15 is 0 Å². The quantitative estimate of drug-likeness (QED) is 0.520. The lowest BCUT2D eigenvalue weighted by Gasteiger charge is -2.05. The van der Waals surface area contributed by atoms with Crippen LogP contribution in [0.4, 0.5) is 9.18 Å². The van der Waals surface area contributed by atoms with Crippen molar-refractivity contribution >= 4 is 38.0 Å². The van der Waals surface area contributed by atoms with Gasteiger partial charge in [-0.25, -0.2) is 9.18 Å². The average molecular weight is 455 g/mol. The Morgan fingerprint density at radius 3 is 2.67 bits per heavy atom. The predicted molar refractivity (Wildman–Crippen MR) is 97.9 cm³/mol. The minimum Gasteiger partial charge on any atom is -0.445 e. The van der Waals surface area contributed by atoms with Gasteiger partial charge in [0.2, 0.25) is 0 Å². The Balaban J connectivity index is 1.74. The molecule has 0 spiro atoms. The minimum absolute atomic E-state index is 0.218. The van der Waals surface area contributed by atoms with E-state index in [1.165, 1.54) is 6.07 Å². The largest absolute Gasteiger partial charge is 0.445 e. The summed E-state index contributed by atoms with van der Waals surface area (Å²) >= 11 is 6.48. The van der Waals surface area contributed by atoms with Gasteiger partial charge in [0, 0.05) is 21.9 Å². The second kappa shape index (κ2) is 9.45. The molecular formula is C18H14Br2FNO2. The third-order valence-corrected chi connectivity index (χ3v) is 4.04. The molecule has 0 radical (unpaired) electrons. The number of alkyl carbamates (subject to hydrolysis) is 1. The molecule has 0 bridgehead atoms. The monoisotopic (exact) mass is 453 g/mol. The van der Waals surface area contributed by atoms with E-state index in [9.17, 15) is 9.18 Å². The van der Waals surface area contributed by atoms with Crippen LogP contribution in [0.25, 0.3) is 0 Å². The Kier molecular flexibility index (Phi) is 7.29. The molecule has 124 valence electrons. The summed E-state index contributed by atoms with van der Waals surface area (Å²) in [6, 6.07) is 12.5. The van der Waals surface area contributed by atoms with Gasteiger partial charge in [0.15, 0.2) is 0 Å². The molecule has 0 aliphatic heterocycles. The molecule has 1 N–H and O–H groups in total. The predicted octanol–water partition coefficient (Wildman–Crippen LogP) is 5.02. The summed E-state index contributed by atoms with van der Waals surface area (Å²) in [6.07, 6.45) is -0.112. The number of carbonyl (C=O) groups excluding carboxylic acids is 1. The third-order valence-electron chi connectivity index (χ3n) is 2.95. The van der Waals surface area contributed by atoms with Crippen LogP contribution in [0.1, 0.15) is 17.5 Å². The van der Waals surface area contributed by atoms with Crippen molar-refractivity contribution in [1.29, 1.82) is 0 Å². The van der Waals surface area contributed by atoms with E-state index in [0.29, 0.717) is 27.5 Å². The molecule has 2 rings (SSSR count). The molecule has 0 saturated carbocycles. The molecular weight excluding hydrogens is 441 g/mol. The fourth-order valence-electron chi connectivity index (χ4n) is 1.81. The van der Waals surface area contributed by atoms with Crippen molar-refractivity contribution in [3.63, 3.8) is 0 Å². The average Bonchev–Trinajstić information content (AvgIpc) is 2.55. The molecule has 0 aliphatic rings. The van der Waals surface area contributed by atoms with Crippen LogP contribution in [-0.2, 0) is 11.3 Å². The Hall–Kier alpha value is -1.84. The second-order valence-electron chi connectivity index (χ2n) is 4.78. The number of halogens is 3. The highest BCUT2D eigenvalue weighted by Crippen LogP contribution is 2.24. The van der Waals surface area contributed by atoms with Gasteiger partial charge >= 0.3 is 6.09 Å². The smallest absolute Gasteiger partial charge is 0.407 e. The number of rotatable bonds is 4. The van der Waals surface area contributed by atoms with Crippen LogP contribution in [0.15, 0.2) is 51.4 Å². The lowest BCUT2D eigenvalue weighted by molar-refractivity contribution is 0.140. The fraction of sp³-hybridized carbons (Fsp3) is 0.167. The zero-order valence-corrected chi connectivity index (χ0v) is 15.8. The molecule has 3 nitrogen and oxygen atoms in total. The van der Waals surface area contributed by atoms with E-state index in [1.807, 2.05) is 30.3 Å². The van der Waals surface area contributed by atoms with Gasteiger partial charge in [0.05, 0.1) is 5.56 Å². The molecule has 0 heterocycles. The number of benzene rings is 2. The molecule has 24 heavy (non-hydrogen) atoms. The molecule has 0 atom stereocenters. The van der Waals surface area contributed by atoms with Crippen LogP contribution in [0.2, 0.25) is 0 Å². The summed E-state index contributed by atoms with van der Waals surface area (Å²) in [7, 11) is 0. The van der Waals surface area contributed by atoms with Gasteiger partial charge in [-0.05, 0) is 33.6 Å². The molecule has 2 aromatic rings. The van der Waals surface area contributed by atoms with E-state index in [1.54, 1.807) is 6.07 Å². The lowest BCUT2D eigenvalue weighted by atomic mass is 10.2. The van der Waals surface area contributed by atoms with Gasteiger partial charge in [-0.15, -0.1) is 0 Å². The van der Waals surface area contributed by atoms with Crippen molar-refractivity contribution in [3.05, 3.63) is 68.4 Å². The van der Waals surface area contributed by atoms with E-state index in [4.69, 9.17) is 4.74 Å². The van der Waals surface area contributed by atoms with Crippen molar-refractivity contribution in [1.82, 2.24) is 5.32 Å². The van der Waals surface area contributed by atoms with Crippen molar-refractivity contribution in [3.8, 4) is 11.8 Å². The maximum atomic E-state index is 13.8. The van der Waals surface area contributed by atoms with Crippen molar-refractivity contribution < 1.29 is 13.9 Å². The van der Waals surface area contributed by atoms with E-state index in [-0.39, 0.29) is 6.61 Å². The summed E-state index contributed by atoms with van der Waals surface area (Å²) in [5.41, 5.74) is 1.22. The summed E-state index contributed by atoms with van der Waals surface area (Å²) in [5, 5.41) is 2.60. The van der Waals surface area contributed by atoms with Gasteiger partial charge in [-0.3, -0.25) is 0 Å². The number of ether oxygens (including phenoxy) is 1. The highest BCUT2D eigenvalue weighted by molar-refractivity contribution is 9.11. The molecule has 6 heteroatoms. The maximum Gasteiger partial charge on any atom is 0.407 e. The summed E-state index contributed by atoms with van der Waals surface area (Å²) in [6.45, 7) is 0.547. The zero-order valence-electron chi connectivity index (χ0n) is 12.6. The van der Waals surface area contributed by atoms with Crippen LogP contribution in [-0.4, -0.2) is 12.6 Å². The Bertz CT molecular complexity index is 747. The van der Waals surface area contributed by atoms with Crippen molar-refractivity contribution in [2.24, 2.45) is 0 Å². The summed E-state index contributed by atoms with van der Waals surface area (Å²) in [4.78, 5) is 11.5. The van der Waals surface area contributed by atoms with Gasteiger partial charge in [0.25, 0.3) is 0 Å². The molecule has 2 aromatic carbocycles. The summed E-state index contributed by atoms with van der Waals surface area (Å²) in [5.74, 6) is 5.18. The maximum absolute atomic E-state index is 13.8. The second-order valence-corrected chi connectivity index (χ2v) is 6.55. The first-order valence-electron chi connectivity index (χ1n) is 7.14. The zero-order chi connectivity index (χ0) is 17.4. The standard InChI is InChI=1S/C18H14Br2FNO2/c19-14-10-16(20)15(17(21)11-14)8-4-5-9-22-18(23)24-12-13-6-2-1-3-7-13/h1-3,6-7,10-11H,5,9,12H2,(H,22,23). The van der Waals surface area contributed by atoms with E-state index in [0.717, 1.165) is 5.56 Å².